The van der Waals surface area contributed by atoms with Gasteiger partial charge in [0.05, 0.1) is 11.3 Å². The largest absolute Gasteiger partial charge is 0.354 e. The Morgan fingerprint density at radius 3 is 2.55 bits per heavy atom. The molecule has 0 bridgehead atoms. The number of aryl methyl sites for hydroxylation is 2. The minimum Gasteiger partial charge on any atom is -0.354 e. The molecule has 5 nitrogen and oxygen atoms in total. The van der Waals surface area contributed by atoms with Crippen molar-refractivity contribution in [2.75, 3.05) is 18.4 Å². The molecule has 1 fully saturated rings. The topological polar surface area (TPSA) is 58.1 Å². The number of nitrogens with one attached hydrogen (secondary N) is 1. The van der Waals surface area contributed by atoms with Gasteiger partial charge in [0.15, 0.2) is 5.65 Å². The van der Waals surface area contributed by atoms with Crippen LogP contribution in [0, 0.1) is 19.7 Å². The number of anilines is 2. The second-order valence-corrected chi connectivity index (χ2v) is 7.67. The average Bonchev–Trinajstić information content (AvgIpc) is 3.00. The Labute approximate surface area is 170 Å². The zero-order valence-corrected chi connectivity index (χ0v) is 16.8. The first-order chi connectivity index (χ1) is 14.0. The number of benzene rings is 1. The minimum absolute atomic E-state index is 0.0248. The first kappa shape index (κ1) is 19.3. The number of hydrogen-bond acceptors (Lipinski definition) is 4. The van der Waals surface area contributed by atoms with Gasteiger partial charge in [-0.1, -0.05) is 12.8 Å². The van der Waals surface area contributed by atoms with E-state index >= 15 is 0 Å². The molecule has 0 aliphatic carbocycles. The van der Waals surface area contributed by atoms with Gasteiger partial charge in [-0.25, -0.2) is 14.4 Å². The lowest BCUT2D eigenvalue weighted by Crippen LogP contribution is -2.32. The normalized spacial score (nSPS) is 14.7. The van der Waals surface area contributed by atoms with Crippen LogP contribution in [0.4, 0.5) is 15.8 Å². The number of hydrogen-bond donors (Lipinski definition) is 1. The van der Waals surface area contributed by atoms with Crippen LogP contribution in [-0.4, -0.2) is 33.9 Å². The molecule has 1 N–H and O–H groups in total. The Hall–Kier alpha value is -3.02. The van der Waals surface area contributed by atoms with Gasteiger partial charge in [0, 0.05) is 36.1 Å². The summed E-state index contributed by atoms with van der Waals surface area (Å²) < 4.78 is 13.7. The van der Waals surface area contributed by atoms with E-state index in [1.807, 2.05) is 24.0 Å². The summed E-state index contributed by atoms with van der Waals surface area (Å²) in [6.07, 6.45) is 5.97. The fourth-order valence-corrected chi connectivity index (χ4v) is 3.78. The van der Waals surface area contributed by atoms with Crippen LogP contribution in [0.15, 0.2) is 36.5 Å². The summed E-state index contributed by atoms with van der Waals surface area (Å²) in [6.45, 7) is 5.16. The predicted octanol–water partition coefficient (Wildman–Crippen LogP) is 5.15. The van der Waals surface area contributed by atoms with Crippen molar-refractivity contribution in [1.29, 1.82) is 0 Å². The van der Waals surface area contributed by atoms with E-state index in [0.717, 1.165) is 55.5 Å². The highest BCUT2D eigenvalue weighted by Crippen LogP contribution is 2.30. The van der Waals surface area contributed by atoms with Crippen molar-refractivity contribution in [2.24, 2.45) is 0 Å². The Balaban J connectivity index is 1.80. The second-order valence-electron chi connectivity index (χ2n) is 7.67. The lowest BCUT2D eigenvalue weighted by Gasteiger charge is -2.22. The highest BCUT2D eigenvalue weighted by molar-refractivity contribution is 6.07. The van der Waals surface area contributed by atoms with Crippen LogP contribution in [0.3, 0.4) is 0 Å². The van der Waals surface area contributed by atoms with Gasteiger partial charge in [-0.2, -0.15) is 0 Å². The van der Waals surface area contributed by atoms with Crippen LogP contribution in [0.25, 0.3) is 11.0 Å². The van der Waals surface area contributed by atoms with E-state index in [-0.39, 0.29) is 11.7 Å². The Bertz CT molecular complexity index is 1060. The Kier molecular flexibility index (Phi) is 5.43. The average molecular weight is 392 g/mol. The second kappa shape index (κ2) is 8.15. The van der Waals surface area contributed by atoms with Crippen molar-refractivity contribution >= 4 is 28.3 Å². The molecule has 0 saturated carbocycles. The molecule has 3 heterocycles. The molecule has 2 aromatic heterocycles. The smallest absolute Gasteiger partial charge is 0.257 e. The van der Waals surface area contributed by atoms with Gasteiger partial charge >= 0.3 is 0 Å². The monoisotopic (exact) mass is 392 g/mol. The number of fused-ring (bicyclic) bond motifs is 1. The van der Waals surface area contributed by atoms with Crippen molar-refractivity contribution in [1.82, 2.24) is 14.9 Å². The Morgan fingerprint density at radius 2 is 1.83 bits per heavy atom. The molecule has 1 aromatic carbocycles. The molecule has 1 aliphatic rings. The fourth-order valence-electron chi connectivity index (χ4n) is 3.78. The molecule has 150 valence electrons. The van der Waals surface area contributed by atoms with Gasteiger partial charge in [0.1, 0.15) is 5.82 Å². The number of aromatic nitrogens is 2. The fraction of sp³-hybridized carbons (Fsp3) is 0.348. The van der Waals surface area contributed by atoms with Crippen molar-refractivity contribution in [3.8, 4) is 0 Å². The first-order valence-electron chi connectivity index (χ1n) is 10.1. The molecule has 0 atom stereocenters. The number of pyridine rings is 2. The molecule has 4 rings (SSSR count). The van der Waals surface area contributed by atoms with E-state index < -0.39 is 0 Å². The van der Waals surface area contributed by atoms with E-state index in [4.69, 9.17) is 0 Å². The molecular formula is C23H25FN4O. The summed E-state index contributed by atoms with van der Waals surface area (Å²) in [4.78, 5) is 24.2. The van der Waals surface area contributed by atoms with Crippen LogP contribution in [0.5, 0.6) is 0 Å². The van der Waals surface area contributed by atoms with Crippen molar-refractivity contribution < 1.29 is 9.18 Å². The third kappa shape index (κ3) is 4.06. The summed E-state index contributed by atoms with van der Waals surface area (Å²) in [7, 11) is 0. The number of rotatable bonds is 3. The third-order valence-corrected chi connectivity index (χ3v) is 5.42. The molecule has 6 heteroatoms. The van der Waals surface area contributed by atoms with Crippen LogP contribution in [0.2, 0.25) is 0 Å². The number of amides is 1. The molecule has 1 amide bonds. The molecule has 29 heavy (non-hydrogen) atoms. The third-order valence-electron chi connectivity index (χ3n) is 5.42. The molecule has 0 radical (unpaired) electrons. The predicted molar refractivity (Wildman–Crippen MR) is 113 cm³/mol. The zero-order valence-electron chi connectivity index (χ0n) is 16.8. The maximum atomic E-state index is 13.7. The number of carbonyl (C=O) groups is 1. The van der Waals surface area contributed by atoms with Crippen molar-refractivity contribution in [3.63, 3.8) is 0 Å². The SMILES string of the molecule is Cc1ccc2c(Nc3ccc(F)c(C)c3)c(C(=O)N3CCCCCC3)cnc2n1. The van der Waals surface area contributed by atoms with Gasteiger partial charge in [-0.05, 0) is 62.6 Å². The maximum absolute atomic E-state index is 13.7. The molecule has 0 spiro atoms. The lowest BCUT2D eigenvalue weighted by molar-refractivity contribution is 0.0762. The molecule has 1 aliphatic heterocycles. The summed E-state index contributed by atoms with van der Waals surface area (Å²) in [5, 5.41) is 4.12. The number of carbonyl (C=O) groups excluding carboxylic acids is 1. The number of nitrogens with zero attached hydrogens (tertiary/aromatic N) is 3. The van der Waals surface area contributed by atoms with E-state index in [1.54, 1.807) is 25.3 Å². The molecule has 0 unspecified atom stereocenters. The van der Waals surface area contributed by atoms with Crippen molar-refractivity contribution in [2.45, 2.75) is 39.5 Å². The quantitative estimate of drug-likeness (QED) is 0.670. The van der Waals surface area contributed by atoms with Crippen LogP contribution < -0.4 is 5.32 Å². The summed E-state index contributed by atoms with van der Waals surface area (Å²) in [5.41, 5.74) is 3.90. The van der Waals surface area contributed by atoms with Gasteiger partial charge in [-0.15, -0.1) is 0 Å². The number of halogens is 1. The summed E-state index contributed by atoms with van der Waals surface area (Å²) in [6, 6.07) is 8.69. The molecule has 3 aromatic rings. The van der Waals surface area contributed by atoms with Gasteiger partial charge in [-0.3, -0.25) is 4.79 Å². The zero-order chi connectivity index (χ0) is 20.4. The molecular weight excluding hydrogens is 367 g/mol. The van der Waals surface area contributed by atoms with Gasteiger partial charge in [0.2, 0.25) is 0 Å². The van der Waals surface area contributed by atoms with E-state index in [9.17, 15) is 9.18 Å². The van der Waals surface area contributed by atoms with E-state index in [0.29, 0.717) is 22.5 Å². The standard InChI is InChI=1S/C23H25FN4O/c1-15-13-17(8-10-20(15)24)27-21-18-9-7-16(2)26-22(18)25-14-19(21)23(29)28-11-5-3-4-6-12-28/h7-10,13-14H,3-6,11-12H2,1-2H3,(H,25,26,27). The maximum Gasteiger partial charge on any atom is 0.257 e. The summed E-state index contributed by atoms with van der Waals surface area (Å²) >= 11 is 0. The summed E-state index contributed by atoms with van der Waals surface area (Å²) in [5.74, 6) is -0.281. The van der Waals surface area contributed by atoms with Crippen LogP contribution in [-0.2, 0) is 0 Å². The minimum atomic E-state index is -0.256. The highest BCUT2D eigenvalue weighted by atomic mass is 19.1. The van der Waals surface area contributed by atoms with Crippen LogP contribution >= 0.6 is 0 Å². The first-order valence-corrected chi connectivity index (χ1v) is 10.1. The molecule has 1 saturated heterocycles. The Morgan fingerprint density at radius 1 is 1.07 bits per heavy atom. The van der Waals surface area contributed by atoms with Gasteiger partial charge < -0.3 is 10.2 Å². The number of likely N-dealkylation sites (tertiary alicyclic amines) is 1. The lowest BCUT2D eigenvalue weighted by atomic mass is 10.1. The van der Waals surface area contributed by atoms with E-state index in [1.165, 1.54) is 6.07 Å². The van der Waals surface area contributed by atoms with Crippen LogP contribution in [0.1, 0.15) is 47.3 Å². The van der Waals surface area contributed by atoms with E-state index in [2.05, 4.69) is 15.3 Å². The van der Waals surface area contributed by atoms with Gasteiger partial charge in [0.25, 0.3) is 5.91 Å². The van der Waals surface area contributed by atoms with Crippen molar-refractivity contribution in [3.05, 3.63) is 59.2 Å². The highest BCUT2D eigenvalue weighted by Gasteiger charge is 2.23.